The quantitative estimate of drug-likeness (QED) is 0.718. The summed E-state index contributed by atoms with van der Waals surface area (Å²) in [6.45, 7) is 0.734. The summed E-state index contributed by atoms with van der Waals surface area (Å²) in [5, 5.41) is 8.16. The lowest BCUT2D eigenvalue weighted by Crippen LogP contribution is -1.99. The molecule has 4 nitrogen and oxygen atoms in total. The predicted octanol–water partition coefficient (Wildman–Crippen LogP) is 3.91. The SMILES string of the molecule is Nc1ccc(Nc2cnn(Cc3ccccc3)c2)c(Cl)c1. The summed E-state index contributed by atoms with van der Waals surface area (Å²) in [6.07, 6.45) is 3.72. The summed E-state index contributed by atoms with van der Waals surface area (Å²) < 4.78 is 1.88. The Labute approximate surface area is 128 Å². The highest BCUT2D eigenvalue weighted by atomic mass is 35.5. The fourth-order valence-electron chi connectivity index (χ4n) is 2.07. The number of nitrogens with zero attached hydrogens (tertiary/aromatic N) is 2. The molecule has 0 aliphatic carbocycles. The van der Waals surface area contributed by atoms with Gasteiger partial charge in [0.2, 0.25) is 0 Å². The lowest BCUT2D eigenvalue weighted by molar-refractivity contribution is 0.687. The zero-order valence-electron chi connectivity index (χ0n) is 11.3. The zero-order chi connectivity index (χ0) is 14.7. The number of rotatable bonds is 4. The molecule has 2 aromatic carbocycles. The summed E-state index contributed by atoms with van der Waals surface area (Å²) in [5.41, 5.74) is 9.23. The Hall–Kier alpha value is -2.46. The van der Waals surface area contributed by atoms with Crippen molar-refractivity contribution in [3.63, 3.8) is 0 Å². The molecule has 3 N–H and O–H groups in total. The Balaban J connectivity index is 1.73. The van der Waals surface area contributed by atoms with Crippen molar-refractivity contribution in [2.75, 3.05) is 11.1 Å². The molecule has 3 rings (SSSR count). The number of nitrogens with one attached hydrogen (secondary N) is 1. The molecule has 5 heteroatoms. The van der Waals surface area contributed by atoms with Crippen LogP contribution in [-0.2, 0) is 6.54 Å². The predicted molar refractivity (Wildman–Crippen MR) is 86.9 cm³/mol. The summed E-state index contributed by atoms with van der Waals surface area (Å²) in [4.78, 5) is 0. The second kappa shape index (κ2) is 5.89. The van der Waals surface area contributed by atoms with E-state index in [4.69, 9.17) is 17.3 Å². The van der Waals surface area contributed by atoms with E-state index in [1.54, 1.807) is 12.3 Å². The van der Waals surface area contributed by atoms with Crippen LogP contribution >= 0.6 is 11.6 Å². The minimum atomic E-state index is 0.589. The fraction of sp³-hybridized carbons (Fsp3) is 0.0625. The first-order chi connectivity index (χ1) is 10.2. The molecule has 0 radical (unpaired) electrons. The average molecular weight is 299 g/mol. The first kappa shape index (κ1) is 13.5. The Morgan fingerprint density at radius 2 is 1.95 bits per heavy atom. The van der Waals surface area contributed by atoms with Crippen molar-refractivity contribution in [3.05, 3.63) is 71.5 Å². The van der Waals surface area contributed by atoms with Crippen LogP contribution in [0.2, 0.25) is 5.02 Å². The van der Waals surface area contributed by atoms with Crippen molar-refractivity contribution < 1.29 is 0 Å². The van der Waals surface area contributed by atoms with Crippen molar-refractivity contribution in [1.82, 2.24) is 9.78 Å². The molecule has 0 saturated heterocycles. The van der Waals surface area contributed by atoms with Gasteiger partial charge in [0.05, 0.1) is 29.1 Å². The van der Waals surface area contributed by atoms with Crippen molar-refractivity contribution >= 4 is 28.7 Å². The van der Waals surface area contributed by atoms with E-state index in [1.807, 2.05) is 41.2 Å². The van der Waals surface area contributed by atoms with E-state index in [0.29, 0.717) is 10.7 Å². The van der Waals surface area contributed by atoms with Gasteiger partial charge in [0.15, 0.2) is 0 Å². The van der Waals surface area contributed by atoms with Gasteiger partial charge in [0.25, 0.3) is 0 Å². The van der Waals surface area contributed by atoms with Gasteiger partial charge in [-0.05, 0) is 23.8 Å². The third kappa shape index (κ3) is 3.35. The summed E-state index contributed by atoms with van der Waals surface area (Å²) in [5.74, 6) is 0. The Bertz CT molecular complexity index is 737. The van der Waals surface area contributed by atoms with Gasteiger partial charge in [0.1, 0.15) is 0 Å². The van der Waals surface area contributed by atoms with E-state index in [9.17, 15) is 0 Å². The maximum atomic E-state index is 6.15. The van der Waals surface area contributed by atoms with Crippen LogP contribution in [-0.4, -0.2) is 9.78 Å². The van der Waals surface area contributed by atoms with Crippen molar-refractivity contribution in [2.45, 2.75) is 6.54 Å². The maximum absolute atomic E-state index is 6.15. The van der Waals surface area contributed by atoms with Gasteiger partial charge < -0.3 is 11.1 Å². The number of nitrogens with two attached hydrogens (primary N) is 1. The molecule has 0 amide bonds. The Kier molecular flexibility index (Phi) is 3.79. The average Bonchev–Trinajstić information content (AvgIpc) is 2.90. The van der Waals surface area contributed by atoms with E-state index < -0.39 is 0 Å². The molecule has 0 spiro atoms. The number of hydrogen-bond acceptors (Lipinski definition) is 3. The second-order valence-corrected chi connectivity index (χ2v) is 5.18. The van der Waals surface area contributed by atoms with Gasteiger partial charge in [-0.25, -0.2) is 0 Å². The van der Waals surface area contributed by atoms with E-state index in [-0.39, 0.29) is 0 Å². The van der Waals surface area contributed by atoms with Gasteiger partial charge in [-0.2, -0.15) is 5.10 Å². The second-order valence-electron chi connectivity index (χ2n) is 4.78. The molecule has 106 valence electrons. The number of benzene rings is 2. The van der Waals surface area contributed by atoms with Gasteiger partial charge in [-0.15, -0.1) is 0 Å². The molecular formula is C16H15ClN4. The molecular weight excluding hydrogens is 284 g/mol. The van der Waals surface area contributed by atoms with E-state index in [0.717, 1.165) is 17.9 Å². The molecule has 0 unspecified atom stereocenters. The first-order valence-corrected chi connectivity index (χ1v) is 6.97. The van der Waals surface area contributed by atoms with Crippen LogP contribution in [0.1, 0.15) is 5.56 Å². The monoisotopic (exact) mass is 298 g/mol. The Morgan fingerprint density at radius 1 is 1.14 bits per heavy atom. The van der Waals surface area contributed by atoms with Gasteiger partial charge >= 0.3 is 0 Å². The lowest BCUT2D eigenvalue weighted by atomic mass is 10.2. The van der Waals surface area contributed by atoms with Crippen LogP contribution in [0.5, 0.6) is 0 Å². The van der Waals surface area contributed by atoms with Gasteiger partial charge in [0, 0.05) is 11.9 Å². The highest BCUT2D eigenvalue weighted by Gasteiger charge is 2.04. The van der Waals surface area contributed by atoms with Crippen molar-refractivity contribution in [1.29, 1.82) is 0 Å². The van der Waals surface area contributed by atoms with Crippen LogP contribution in [0.15, 0.2) is 60.9 Å². The number of aromatic nitrogens is 2. The van der Waals surface area contributed by atoms with Crippen LogP contribution in [0.4, 0.5) is 17.1 Å². The molecule has 21 heavy (non-hydrogen) atoms. The molecule has 3 aromatic rings. The van der Waals surface area contributed by atoms with Crippen LogP contribution in [0.25, 0.3) is 0 Å². The topological polar surface area (TPSA) is 55.9 Å². The van der Waals surface area contributed by atoms with Crippen molar-refractivity contribution in [2.24, 2.45) is 0 Å². The maximum Gasteiger partial charge on any atom is 0.0771 e. The van der Waals surface area contributed by atoms with E-state index in [1.165, 1.54) is 5.56 Å². The first-order valence-electron chi connectivity index (χ1n) is 6.59. The number of nitrogen functional groups attached to an aromatic ring is 1. The van der Waals surface area contributed by atoms with Crippen molar-refractivity contribution in [3.8, 4) is 0 Å². The van der Waals surface area contributed by atoms with Crippen LogP contribution in [0, 0.1) is 0 Å². The molecule has 0 aliphatic rings. The molecule has 0 aliphatic heterocycles. The third-order valence-corrected chi connectivity index (χ3v) is 3.41. The Morgan fingerprint density at radius 3 is 2.71 bits per heavy atom. The smallest absolute Gasteiger partial charge is 0.0771 e. The third-order valence-electron chi connectivity index (χ3n) is 3.09. The standard InChI is InChI=1S/C16H15ClN4/c17-15-8-13(18)6-7-16(15)20-14-9-19-21(11-14)10-12-4-2-1-3-5-12/h1-9,11,20H,10,18H2. The fourth-order valence-corrected chi connectivity index (χ4v) is 2.31. The normalized spacial score (nSPS) is 10.5. The van der Waals surface area contributed by atoms with Gasteiger partial charge in [-0.3, -0.25) is 4.68 Å². The highest BCUT2D eigenvalue weighted by molar-refractivity contribution is 6.33. The zero-order valence-corrected chi connectivity index (χ0v) is 12.1. The summed E-state index contributed by atoms with van der Waals surface area (Å²) in [6, 6.07) is 15.6. The minimum absolute atomic E-state index is 0.589. The summed E-state index contributed by atoms with van der Waals surface area (Å²) in [7, 11) is 0. The molecule has 0 bridgehead atoms. The lowest BCUT2D eigenvalue weighted by Gasteiger charge is -2.06. The number of anilines is 3. The molecule has 0 fully saturated rings. The minimum Gasteiger partial charge on any atom is -0.399 e. The van der Waals surface area contributed by atoms with Gasteiger partial charge in [-0.1, -0.05) is 41.9 Å². The summed E-state index contributed by atoms with van der Waals surface area (Å²) >= 11 is 6.15. The van der Waals surface area contributed by atoms with Crippen LogP contribution < -0.4 is 11.1 Å². The van der Waals surface area contributed by atoms with E-state index >= 15 is 0 Å². The molecule has 0 saturated carbocycles. The van der Waals surface area contributed by atoms with E-state index in [2.05, 4.69) is 22.5 Å². The molecule has 1 heterocycles. The molecule has 1 aromatic heterocycles. The number of hydrogen-bond donors (Lipinski definition) is 2. The van der Waals surface area contributed by atoms with Crippen LogP contribution in [0.3, 0.4) is 0 Å². The highest BCUT2D eigenvalue weighted by Crippen LogP contribution is 2.27. The largest absolute Gasteiger partial charge is 0.399 e. The number of halogens is 1. The molecule has 0 atom stereocenters.